The molecule has 148 valence electrons. The van der Waals surface area contributed by atoms with Crippen molar-refractivity contribution in [1.29, 1.82) is 0 Å². The van der Waals surface area contributed by atoms with Gasteiger partial charge in [0.05, 0.1) is 11.3 Å². The van der Waals surface area contributed by atoms with Crippen molar-refractivity contribution < 1.29 is 14.4 Å². The van der Waals surface area contributed by atoms with E-state index in [1.165, 1.54) is 0 Å². The van der Waals surface area contributed by atoms with Crippen LogP contribution in [0.3, 0.4) is 0 Å². The lowest BCUT2D eigenvalue weighted by Gasteiger charge is -2.35. The fourth-order valence-electron chi connectivity index (χ4n) is 3.18. The zero-order chi connectivity index (χ0) is 20.2. The first-order valence-corrected chi connectivity index (χ1v) is 9.59. The Bertz CT molecular complexity index is 699. The summed E-state index contributed by atoms with van der Waals surface area (Å²) >= 11 is 0. The van der Waals surface area contributed by atoms with E-state index in [0.29, 0.717) is 37.2 Å². The van der Waals surface area contributed by atoms with E-state index in [1.54, 1.807) is 24.3 Å². The van der Waals surface area contributed by atoms with Crippen LogP contribution in [0.1, 0.15) is 57.8 Å². The summed E-state index contributed by atoms with van der Waals surface area (Å²) in [6.45, 7) is 10.7. The number of piperidine rings is 1. The Morgan fingerprint density at radius 1 is 1.07 bits per heavy atom. The minimum absolute atomic E-state index is 0.0194. The third-order valence-corrected chi connectivity index (χ3v) is 4.64. The maximum atomic E-state index is 12.7. The van der Waals surface area contributed by atoms with Crippen LogP contribution >= 0.6 is 0 Å². The molecule has 2 rings (SSSR count). The Kier molecular flexibility index (Phi) is 6.63. The van der Waals surface area contributed by atoms with Gasteiger partial charge in [-0.2, -0.15) is 0 Å². The zero-order valence-electron chi connectivity index (χ0n) is 17.0. The molecular weight excluding hydrogens is 342 g/mol. The van der Waals surface area contributed by atoms with Gasteiger partial charge in [-0.05, 0) is 38.8 Å². The van der Waals surface area contributed by atoms with Gasteiger partial charge in [-0.15, -0.1) is 0 Å². The van der Waals surface area contributed by atoms with E-state index >= 15 is 0 Å². The molecule has 0 radical (unpaired) electrons. The zero-order valence-corrected chi connectivity index (χ0v) is 17.0. The first-order chi connectivity index (χ1) is 12.6. The number of carbonyl (C=O) groups excluding carboxylic acids is 3. The molecule has 1 heterocycles. The summed E-state index contributed by atoms with van der Waals surface area (Å²) in [6.07, 6.45) is 1.27. The molecule has 0 bridgehead atoms. The Hall–Kier alpha value is -2.37. The molecule has 1 aliphatic heterocycles. The number of amides is 3. The summed E-state index contributed by atoms with van der Waals surface area (Å²) in [5.41, 5.74) is 0.575. The SMILES string of the molecule is CC(C)NC(=O)c1ccccc1NC(=O)C1CCN(C(=O)C(C)(C)C)CC1. The lowest BCUT2D eigenvalue weighted by Crippen LogP contribution is -2.45. The third-order valence-electron chi connectivity index (χ3n) is 4.64. The van der Waals surface area contributed by atoms with Crippen LogP contribution in [0, 0.1) is 11.3 Å². The summed E-state index contributed by atoms with van der Waals surface area (Å²) in [5, 5.41) is 5.76. The van der Waals surface area contributed by atoms with Gasteiger partial charge in [0.2, 0.25) is 11.8 Å². The van der Waals surface area contributed by atoms with E-state index in [-0.39, 0.29) is 29.7 Å². The topological polar surface area (TPSA) is 78.5 Å². The smallest absolute Gasteiger partial charge is 0.253 e. The number of para-hydroxylation sites is 1. The second kappa shape index (κ2) is 8.55. The molecule has 2 N–H and O–H groups in total. The lowest BCUT2D eigenvalue weighted by molar-refractivity contribution is -0.142. The van der Waals surface area contributed by atoms with Crippen molar-refractivity contribution in [3.05, 3.63) is 29.8 Å². The Labute approximate surface area is 161 Å². The van der Waals surface area contributed by atoms with Gasteiger partial charge in [0.25, 0.3) is 5.91 Å². The fourth-order valence-corrected chi connectivity index (χ4v) is 3.18. The number of likely N-dealkylation sites (tertiary alicyclic amines) is 1. The predicted octanol–water partition coefficient (Wildman–Crippen LogP) is 3.05. The van der Waals surface area contributed by atoms with Crippen molar-refractivity contribution in [2.24, 2.45) is 11.3 Å². The average molecular weight is 373 g/mol. The van der Waals surface area contributed by atoms with Crippen LogP contribution in [0.15, 0.2) is 24.3 Å². The summed E-state index contributed by atoms with van der Waals surface area (Å²) in [6, 6.07) is 7.04. The van der Waals surface area contributed by atoms with E-state index in [2.05, 4.69) is 10.6 Å². The average Bonchev–Trinajstić information content (AvgIpc) is 2.60. The van der Waals surface area contributed by atoms with Crippen LogP contribution in [0.2, 0.25) is 0 Å². The minimum Gasteiger partial charge on any atom is -0.350 e. The first-order valence-electron chi connectivity index (χ1n) is 9.59. The van der Waals surface area contributed by atoms with E-state index in [4.69, 9.17) is 0 Å². The van der Waals surface area contributed by atoms with Crippen molar-refractivity contribution in [2.75, 3.05) is 18.4 Å². The lowest BCUT2D eigenvalue weighted by atomic mass is 9.90. The molecule has 0 aromatic heterocycles. The number of hydrogen-bond acceptors (Lipinski definition) is 3. The molecule has 3 amide bonds. The molecule has 1 fully saturated rings. The molecule has 1 aliphatic rings. The van der Waals surface area contributed by atoms with Gasteiger partial charge in [-0.3, -0.25) is 14.4 Å². The van der Waals surface area contributed by atoms with Crippen LogP contribution in [0.25, 0.3) is 0 Å². The predicted molar refractivity (Wildman–Crippen MR) is 106 cm³/mol. The molecule has 0 aliphatic carbocycles. The van der Waals surface area contributed by atoms with Crippen LogP contribution < -0.4 is 10.6 Å². The van der Waals surface area contributed by atoms with E-state index in [1.807, 2.05) is 39.5 Å². The van der Waals surface area contributed by atoms with Gasteiger partial charge < -0.3 is 15.5 Å². The molecule has 0 unspecified atom stereocenters. The standard InChI is InChI=1S/C21H31N3O3/c1-14(2)22-19(26)16-8-6-7-9-17(16)23-18(25)15-10-12-24(13-11-15)20(27)21(3,4)5/h6-9,14-15H,10-13H2,1-5H3,(H,22,26)(H,23,25). The number of benzene rings is 1. The quantitative estimate of drug-likeness (QED) is 0.851. The van der Waals surface area contributed by atoms with Crippen LogP contribution in [0.5, 0.6) is 0 Å². The Morgan fingerprint density at radius 3 is 2.22 bits per heavy atom. The van der Waals surface area contributed by atoms with Gasteiger partial charge in [-0.25, -0.2) is 0 Å². The van der Waals surface area contributed by atoms with Crippen molar-refractivity contribution in [3.63, 3.8) is 0 Å². The summed E-state index contributed by atoms with van der Waals surface area (Å²) in [4.78, 5) is 39.2. The maximum Gasteiger partial charge on any atom is 0.253 e. The molecule has 1 aromatic rings. The Balaban J connectivity index is 1.99. The summed E-state index contributed by atoms with van der Waals surface area (Å²) < 4.78 is 0. The van der Waals surface area contributed by atoms with Crippen molar-refractivity contribution in [1.82, 2.24) is 10.2 Å². The number of rotatable bonds is 4. The molecule has 0 saturated carbocycles. The second-order valence-electron chi connectivity index (χ2n) is 8.48. The molecule has 1 aromatic carbocycles. The van der Waals surface area contributed by atoms with Gasteiger partial charge in [0, 0.05) is 30.5 Å². The van der Waals surface area contributed by atoms with Gasteiger partial charge in [-0.1, -0.05) is 32.9 Å². The summed E-state index contributed by atoms with van der Waals surface area (Å²) in [7, 11) is 0. The largest absolute Gasteiger partial charge is 0.350 e. The van der Waals surface area contributed by atoms with Gasteiger partial charge >= 0.3 is 0 Å². The Morgan fingerprint density at radius 2 is 1.67 bits per heavy atom. The molecule has 1 saturated heterocycles. The van der Waals surface area contributed by atoms with Gasteiger partial charge in [0.1, 0.15) is 0 Å². The van der Waals surface area contributed by atoms with E-state index in [0.717, 1.165) is 0 Å². The van der Waals surface area contributed by atoms with Crippen molar-refractivity contribution in [3.8, 4) is 0 Å². The number of nitrogens with one attached hydrogen (secondary N) is 2. The molecule has 27 heavy (non-hydrogen) atoms. The third kappa shape index (κ3) is 5.55. The highest BCUT2D eigenvalue weighted by molar-refractivity contribution is 6.04. The normalized spacial score (nSPS) is 15.6. The van der Waals surface area contributed by atoms with Crippen LogP contribution in [-0.4, -0.2) is 41.8 Å². The highest BCUT2D eigenvalue weighted by Gasteiger charge is 2.32. The molecular formula is C21H31N3O3. The second-order valence-corrected chi connectivity index (χ2v) is 8.48. The van der Waals surface area contributed by atoms with E-state index in [9.17, 15) is 14.4 Å². The van der Waals surface area contributed by atoms with Crippen LogP contribution in [0.4, 0.5) is 5.69 Å². The van der Waals surface area contributed by atoms with Crippen molar-refractivity contribution in [2.45, 2.75) is 53.5 Å². The molecule has 6 heteroatoms. The number of hydrogen-bond donors (Lipinski definition) is 2. The highest BCUT2D eigenvalue weighted by Crippen LogP contribution is 2.25. The highest BCUT2D eigenvalue weighted by atomic mass is 16.2. The number of carbonyl (C=O) groups is 3. The summed E-state index contributed by atoms with van der Waals surface area (Å²) in [5.74, 6) is -0.332. The molecule has 0 atom stereocenters. The molecule has 6 nitrogen and oxygen atoms in total. The first kappa shape index (κ1) is 20.9. The van der Waals surface area contributed by atoms with Crippen molar-refractivity contribution >= 4 is 23.4 Å². The maximum absolute atomic E-state index is 12.7. The van der Waals surface area contributed by atoms with E-state index < -0.39 is 5.41 Å². The molecule has 0 spiro atoms. The number of nitrogens with zero attached hydrogens (tertiary/aromatic N) is 1. The van der Waals surface area contributed by atoms with Gasteiger partial charge in [0.15, 0.2) is 0 Å². The van der Waals surface area contributed by atoms with Crippen LogP contribution in [-0.2, 0) is 9.59 Å². The monoisotopic (exact) mass is 373 g/mol. The minimum atomic E-state index is -0.405. The number of anilines is 1. The fraction of sp³-hybridized carbons (Fsp3) is 0.571.